The van der Waals surface area contributed by atoms with E-state index < -0.39 is 0 Å². The molecule has 1 aromatic rings. The third kappa shape index (κ3) is 3.60. The summed E-state index contributed by atoms with van der Waals surface area (Å²) >= 11 is 3.55. The minimum Gasteiger partial charge on any atom is -0.495 e. The maximum absolute atomic E-state index is 12.8. The molecule has 1 heterocycles. The number of rotatable bonds is 2. The van der Waals surface area contributed by atoms with E-state index in [2.05, 4.69) is 36.7 Å². The first-order valence-corrected chi connectivity index (χ1v) is 8.31. The number of nitrogens with zero attached hydrogens (tertiary/aromatic N) is 1. The predicted octanol–water partition coefficient (Wildman–Crippen LogP) is 4.38. The van der Waals surface area contributed by atoms with Gasteiger partial charge in [0.05, 0.1) is 17.1 Å². The highest BCUT2D eigenvalue weighted by Crippen LogP contribution is 2.36. The Morgan fingerprint density at radius 3 is 2.33 bits per heavy atom. The normalized spacial score (nSPS) is 16.0. The number of carbonyl (C=O) groups is 1. The van der Waals surface area contributed by atoms with Crippen molar-refractivity contribution in [2.75, 3.05) is 20.2 Å². The van der Waals surface area contributed by atoms with Crippen molar-refractivity contribution in [1.29, 1.82) is 0 Å². The zero-order valence-corrected chi connectivity index (χ0v) is 14.9. The van der Waals surface area contributed by atoms with E-state index >= 15 is 0 Å². The van der Waals surface area contributed by atoms with Crippen molar-refractivity contribution in [1.82, 2.24) is 4.90 Å². The van der Waals surface area contributed by atoms with Crippen LogP contribution < -0.4 is 4.74 Å². The van der Waals surface area contributed by atoms with E-state index in [4.69, 9.17) is 4.74 Å². The Morgan fingerprint density at radius 1 is 1.19 bits per heavy atom. The van der Waals surface area contributed by atoms with Crippen molar-refractivity contribution in [3.05, 3.63) is 27.7 Å². The van der Waals surface area contributed by atoms with E-state index in [9.17, 15) is 4.79 Å². The van der Waals surface area contributed by atoms with E-state index in [1.807, 2.05) is 17.0 Å². The molecule has 1 aliphatic heterocycles. The Kier molecular flexibility index (Phi) is 4.97. The number of halogens is 1. The minimum atomic E-state index is -0.00821. The second-order valence-corrected chi connectivity index (χ2v) is 7.50. The molecule has 0 atom stereocenters. The lowest BCUT2D eigenvalue weighted by Crippen LogP contribution is -2.36. The van der Waals surface area contributed by atoms with Crippen LogP contribution in [0, 0.1) is 0 Å². The van der Waals surface area contributed by atoms with Gasteiger partial charge in [-0.15, -0.1) is 0 Å². The van der Waals surface area contributed by atoms with Gasteiger partial charge in [-0.2, -0.15) is 0 Å². The van der Waals surface area contributed by atoms with Crippen molar-refractivity contribution in [3.63, 3.8) is 0 Å². The summed E-state index contributed by atoms with van der Waals surface area (Å²) in [5.74, 6) is 0.719. The molecule has 0 unspecified atom stereocenters. The highest BCUT2D eigenvalue weighted by molar-refractivity contribution is 9.10. The molecule has 4 heteroatoms. The third-order valence-electron chi connectivity index (χ3n) is 3.99. The summed E-state index contributed by atoms with van der Waals surface area (Å²) in [6, 6.07) is 4.03. The maximum atomic E-state index is 12.8. The molecule has 0 N–H and O–H groups in total. The number of amides is 1. The molecule has 0 spiro atoms. The van der Waals surface area contributed by atoms with Crippen LogP contribution in [0.4, 0.5) is 0 Å². The van der Waals surface area contributed by atoms with Gasteiger partial charge >= 0.3 is 0 Å². The minimum absolute atomic E-state index is 0.00821. The fraction of sp³-hybridized carbons (Fsp3) is 0.588. The molecule has 1 saturated heterocycles. The Bertz CT molecular complexity index is 528. The Labute approximate surface area is 135 Å². The standard InChI is InChI=1S/C17H24BrNO2/c1-17(2,3)12-10-13(15(21-4)14(18)11-12)16(20)19-8-6-5-7-9-19/h10-11H,5-9H2,1-4H3. The van der Waals surface area contributed by atoms with Crippen LogP contribution in [-0.4, -0.2) is 31.0 Å². The van der Waals surface area contributed by atoms with Crippen molar-refractivity contribution in [3.8, 4) is 5.75 Å². The Hall–Kier alpha value is -1.03. The second kappa shape index (κ2) is 6.39. The lowest BCUT2D eigenvalue weighted by molar-refractivity contribution is 0.0720. The van der Waals surface area contributed by atoms with E-state index in [0.29, 0.717) is 11.3 Å². The number of carbonyl (C=O) groups excluding carboxylic acids is 1. The lowest BCUT2D eigenvalue weighted by atomic mass is 9.86. The average molecular weight is 354 g/mol. The van der Waals surface area contributed by atoms with Gasteiger partial charge in [0.1, 0.15) is 5.75 Å². The molecule has 0 saturated carbocycles. The number of hydrogen-bond donors (Lipinski definition) is 0. The summed E-state index contributed by atoms with van der Waals surface area (Å²) in [5.41, 5.74) is 1.79. The summed E-state index contributed by atoms with van der Waals surface area (Å²) < 4.78 is 6.31. The number of likely N-dealkylation sites (tertiary alicyclic amines) is 1. The van der Waals surface area contributed by atoms with Crippen molar-refractivity contribution in [2.24, 2.45) is 0 Å². The Morgan fingerprint density at radius 2 is 1.81 bits per heavy atom. The fourth-order valence-electron chi connectivity index (χ4n) is 2.66. The van der Waals surface area contributed by atoms with E-state index in [-0.39, 0.29) is 11.3 Å². The number of hydrogen-bond acceptors (Lipinski definition) is 2. The molecule has 3 nitrogen and oxygen atoms in total. The molecule has 0 aliphatic carbocycles. The maximum Gasteiger partial charge on any atom is 0.257 e. The van der Waals surface area contributed by atoms with E-state index in [1.54, 1.807) is 7.11 Å². The average Bonchev–Trinajstić information content (AvgIpc) is 2.45. The van der Waals surface area contributed by atoms with Gasteiger partial charge in [0.15, 0.2) is 0 Å². The summed E-state index contributed by atoms with van der Waals surface area (Å²) in [6.45, 7) is 8.14. The van der Waals surface area contributed by atoms with Crippen LogP contribution in [0.15, 0.2) is 16.6 Å². The monoisotopic (exact) mass is 353 g/mol. The third-order valence-corrected chi connectivity index (χ3v) is 4.58. The molecular formula is C17H24BrNO2. The summed E-state index contributed by atoms with van der Waals surface area (Å²) in [6.07, 6.45) is 3.40. The predicted molar refractivity (Wildman–Crippen MR) is 89.1 cm³/mol. The van der Waals surface area contributed by atoms with Crippen molar-refractivity contribution in [2.45, 2.75) is 45.4 Å². The molecule has 1 aromatic carbocycles. The van der Waals surface area contributed by atoms with Crippen LogP contribution in [-0.2, 0) is 5.41 Å². The number of piperidine rings is 1. The number of methoxy groups -OCH3 is 1. The lowest BCUT2D eigenvalue weighted by Gasteiger charge is -2.28. The molecule has 1 aliphatic rings. The summed E-state index contributed by atoms with van der Waals surface area (Å²) in [4.78, 5) is 14.8. The van der Waals surface area contributed by atoms with Crippen molar-refractivity contribution >= 4 is 21.8 Å². The van der Waals surface area contributed by atoms with Gasteiger partial charge in [0.2, 0.25) is 0 Å². The summed E-state index contributed by atoms with van der Waals surface area (Å²) in [5, 5.41) is 0. The van der Waals surface area contributed by atoms with Gasteiger partial charge < -0.3 is 9.64 Å². The zero-order valence-electron chi connectivity index (χ0n) is 13.3. The molecule has 0 bridgehead atoms. The molecule has 116 valence electrons. The smallest absolute Gasteiger partial charge is 0.257 e. The largest absolute Gasteiger partial charge is 0.495 e. The van der Waals surface area contributed by atoms with Crippen LogP contribution >= 0.6 is 15.9 Å². The SMILES string of the molecule is COc1c(Br)cc(C(C)(C)C)cc1C(=O)N1CCCCC1. The quantitative estimate of drug-likeness (QED) is 0.789. The molecule has 21 heavy (non-hydrogen) atoms. The number of benzene rings is 1. The first-order chi connectivity index (χ1) is 9.84. The van der Waals surface area contributed by atoms with Gasteiger partial charge in [-0.1, -0.05) is 20.8 Å². The first kappa shape index (κ1) is 16.3. The highest BCUT2D eigenvalue weighted by Gasteiger charge is 2.25. The van der Waals surface area contributed by atoms with Gasteiger partial charge in [-0.05, 0) is 58.3 Å². The highest BCUT2D eigenvalue weighted by atomic mass is 79.9. The molecule has 0 radical (unpaired) electrons. The molecule has 1 fully saturated rings. The Balaban J connectivity index is 2.44. The van der Waals surface area contributed by atoms with Gasteiger partial charge in [0, 0.05) is 13.1 Å². The zero-order chi connectivity index (χ0) is 15.6. The van der Waals surface area contributed by atoms with Crippen LogP contribution in [0.5, 0.6) is 5.75 Å². The molecule has 2 rings (SSSR count). The fourth-order valence-corrected chi connectivity index (χ4v) is 3.28. The molecule has 0 aromatic heterocycles. The summed E-state index contributed by atoms with van der Waals surface area (Å²) in [7, 11) is 1.61. The van der Waals surface area contributed by atoms with E-state index in [1.165, 1.54) is 6.42 Å². The van der Waals surface area contributed by atoms with Crippen LogP contribution in [0.2, 0.25) is 0 Å². The van der Waals surface area contributed by atoms with Gasteiger partial charge in [-0.25, -0.2) is 0 Å². The van der Waals surface area contributed by atoms with Crippen molar-refractivity contribution < 1.29 is 9.53 Å². The topological polar surface area (TPSA) is 29.5 Å². The van der Waals surface area contributed by atoms with Crippen LogP contribution in [0.3, 0.4) is 0 Å². The van der Waals surface area contributed by atoms with Gasteiger partial charge in [0.25, 0.3) is 5.91 Å². The van der Waals surface area contributed by atoms with Crippen LogP contribution in [0.1, 0.15) is 56.0 Å². The van der Waals surface area contributed by atoms with Gasteiger partial charge in [-0.3, -0.25) is 4.79 Å². The van der Waals surface area contributed by atoms with Crippen LogP contribution in [0.25, 0.3) is 0 Å². The molecular weight excluding hydrogens is 330 g/mol. The van der Waals surface area contributed by atoms with E-state index in [0.717, 1.165) is 36.0 Å². The number of ether oxygens (including phenoxy) is 1. The first-order valence-electron chi connectivity index (χ1n) is 7.52. The second-order valence-electron chi connectivity index (χ2n) is 6.64. The molecule has 1 amide bonds.